The molecule has 1 aliphatic rings. The lowest BCUT2D eigenvalue weighted by atomic mass is 10.3. The molecule has 0 atom stereocenters. The van der Waals surface area contributed by atoms with Crippen molar-refractivity contribution in [3.8, 4) is 0 Å². The molecule has 1 aromatic heterocycles. The van der Waals surface area contributed by atoms with E-state index in [9.17, 15) is 13.2 Å². The van der Waals surface area contributed by atoms with E-state index in [1.807, 2.05) is 0 Å². The molecule has 0 unspecified atom stereocenters. The summed E-state index contributed by atoms with van der Waals surface area (Å²) in [5, 5.41) is 1.87. The molecule has 2 N–H and O–H groups in total. The Labute approximate surface area is 115 Å². The van der Waals surface area contributed by atoms with Crippen molar-refractivity contribution in [3.63, 3.8) is 0 Å². The van der Waals surface area contributed by atoms with Crippen LogP contribution in [0.3, 0.4) is 0 Å². The van der Waals surface area contributed by atoms with E-state index in [1.54, 1.807) is 12.3 Å². The minimum Gasteiger partial charge on any atom is -0.466 e. The van der Waals surface area contributed by atoms with Gasteiger partial charge >= 0.3 is 16.2 Å². The molecule has 106 valence electrons. The Kier molecular flexibility index (Phi) is 4.38. The van der Waals surface area contributed by atoms with Crippen molar-refractivity contribution in [3.05, 3.63) is 11.1 Å². The summed E-state index contributed by atoms with van der Waals surface area (Å²) in [7, 11) is -3.57. The highest BCUT2D eigenvalue weighted by atomic mass is 32.2. The second kappa shape index (κ2) is 5.85. The molecule has 0 saturated heterocycles. The number of carbonyl (C=O) groups excluding carboxylic acids is 1. The molecule has 2 rings (SSSR count). The zero-order chi connectivity index (χ0) is 13.9. The van der Waals surface area contributed by atoms with Gasteiger partial charge in [0, 0.05) is 11.4 Å². The van der Waals surface area contributed by atoms with Crippen LogP contribution < -0.4 is 9.44 Å². The Balaban J connectivity index is 1.91. The van der Waals surface area contributed by atoms with E-state index in [-0.39, 0.29) is 23.6 Å². The van der Waals surface area contributed by atoms with Crippen molar-refractivity contribution in [2.45, 2.75) is 32.2 Å². The number of ether oxygens (including phenoxy) is 1. The average Bonchev–Trinajstić information content (AvgIpc) is 2.98. The molecule has 1 aliphatic carbocycles. The molecule has 0 amide bonds. The third-order valence-electron chi connectivity index (χ3n) is 2.30. The van der Waals surface area contributed by atoms with E-state index in [0.29, 0.717) is 12.3 Å². The van der Waals surface area contributed by atoms with Crippen molar-refractivity contribution < 1.29 is 17.9 Å². The number of thiazole rings is 1. The predicted octanol–water partition coefficient (Wildman–Crippen LogP) is 0.657. The first-order valence-electron chi connectivity index (χ1n) is 5.88. The van der Waals surface area contributed by atoms with E-state index >= 15 is 0 Å². The highest BCUT2D eigenvalue weighted by Gasteiger charge is 2.27. The van der Waals surface area contributed by atoms with Crippen molar-refractivity contribution in [1.82, 2.24) is 9.71 Å². The van der Waals surface area contributed by atoms with Crippen molar-refractivity contribution in [2.75, 3.05) is 11.3 Å². The third-order valence-corrected chi connectivity index (χ3v) is 4.34. The van der Waals surface area contributed by atoms with Crippen LogP contribution in [0.25, 0.3) is 0 Å². The lowest BCUT2D eigenvalue weighted by Crippen LogP contribution is -2.31. The SMILES string of the molecule is CCOC(=O)Cc1csc(NS(=O)(=O)NC2CC2)n1. The van der Waals surface area contributed by atoms with Gasteiger partial charge in [0.2, 0.25) is 0 Å². The monoisotopic (exact) mass is 305 g/mol. The largest absolute Gasteiger partial charge is 0.466 e. The number of nitrogens with one attached hydrogen (secondary N) is 2. The maximum Gasteiger partial charge on any atom is 0.311 e. The fourth-order valence-corrected chi connectivity index (χ4v) is 3.44. The van der Waals surface area contributed by atoms with Gasteiger partial charge in [-0.1, -0.05) is 0 Å². The highest BCUT2D eigenvalue weighted by molar-refractivity contribution is 7.91. The van der Waals surface area contributed by atoms with Crippen LogP contribution in [0.4, 0.5) is 5.13 Å². The molecule has 1 heterocycles. The number of anilines is 1. The van der Waals surface area contributed by atoms with Gasteiger partial charge in [0.25, 0.3) is 0 Å². The molecule has 0 bridgehead atoms. The molecule has 19 heavy (non-hydrogen) atoms. The van der Waals surface area contributed by atoms with Crippen LogP contribution in [-0.4, -0.2) is 32.0 Å². The molecular weight excluding hydrogens is 290 g/mol. The molecule has 0 aromatic carbocycles. The Bertz CT molecular complexity index is 551. The van der Waals surface area contributed by atoms with Crippen LogP contribution >= 0.6 is 11.3 Å². The summed E-state index contributed by atoms with van der Waals surface area (Å²) in [5.41, 5.74) is 0.493. The molecule has 1 aromatic rings. The first-order chi connectivity index (χ1) is 8.98. The molecular formula is C10H15N3O4S2. The van der Waals surface area contributed by atoms with Gasteiger partial charge < -0.3 is 4.74 Å². The normalized spacial score (nSPS) is 15.2. The van der Waals surface area contributed by atoms with Crippen molar-refractivity contribution >= 4 is 32.6 Å². The van der Waals surface area contributed by atoms with Crippen LogP contribution in [0.1, 0.15) is 25.5 Å². The third kappa shape index (κ3) is 4.77. The molecule has 0 aliphatic heterocycles. The van der Waals surface area contributed by atoms with Crippen LogP contribution in [-0.2, 0) is 26.2 Å². The standard InChI is InChI=1S/C10H15N3O4S2/c1-2-17-9(14)5-8-6-18-10(11-8)13-19(15,16)12-7-3-4-7/h6-7,12H,2-5H2,1H3,(H,11,13). The lowest BCUT2D eigenvalue weighted by molar-refractivity contribution is -0.142. The predicted molar refractivity (Wildman–Crippen MR) is 71.2 cm³/mol. The van der Waals surface area contributed by atoms with Gasteiger partial charge in [0.05, 0.1) is 18.7 Å². The Hall–Kier alpha value is -1.19. The maximum atomic E-state index is 11.6. The van der Waals surface area contributed by atoms with Gasteiger partial charge in [-0.15, -0.1) is 11.3 Å². The van der Waals surface area contributed by atoms with Gasteiger partial charge in [-0.3, -0.25) is 4.79 Å². The second-order valence-corrected chi connectivity index (χ2v) is 6.43. The zero-order valence-corrected chi connectivity index (χ0v) is 12.0. The summed E-state index contributed by atoms with van der Waals surface area (Å²) in [5.74, 6) is -0.377. The first kappa shape index (κ1) is 14.2. The highest BCUT2D eigenvalue weighted by Crippen LogP contribution is 2.21. The number of hydrogen-bond donors (Lipinski definition) is 2. The number of nitrogens with zero attached hydrogens (tertiary/aromatic N) is 1. The van der Waals surface area contributed by atoms with Crippen molar-refractivity contribution in [2.24, 2.45) is 0 Å². The Morgan fingerprint density at radius 1 is 1.58 bits per heavy atom. The Morgan fingerprint density at radius 2 is 2.32 bits per heavy atom. The van der Waals surface area contributed by atoms with Crippen LogP contribution in [0.5, 0.6) is 0 Å². The number of aromatic nitrogens is 1. The topological polar surface area (TPSA) is 97.4 Å². The second-order valence-electron chi connectivity index (χ2n) is 4.12. The van der Waals surface area contributed by atoms with E-state index in [1.165, 1.54) is 0 Å². The molecule has 1 saturated carbocycles. The number of hydrogen-bond acceptors (Lipinski definition) is 6. The number of rotatable bonds is 7. The van der Waals surface area contributed by atoms with E-state index in [4.69, 9.17) is 4.74 Å². The van der Waals surface area contributed by atoms with Gasteiger partial charge in [0.15, 0.2) is 5.13 Å². The van der Waals surface area contributed by atoms with E-state index < -0.39 is 10.2 Å². The smallest absolute Gasteiger partial charge is 0.311 e. The molecule has 7 nitrogen and oxygen atoms in total. The fraction of sp³-hybridized carbons (Fsp3) is 0.600. The van der Waals surface area contributed by atoms with Crippen LogP contribution in [0.2, 0.25) is 0 Å². The number of carbonyl (C=O) groups is 1. The van der Waals surface area contributed by atoms with E-state index in [2.05, 4.69) is 14.4 Å². The molecule has 0 radical (unpaired) electrons. The van der Waals surface area contributed by atoms with E-state index in [0.717, 1.165) is 24.2 Å². The number of esters is 1. The Morgan fingerprint density at radius 3 is 2.95 bits per heavy atom. The lowest BCUT2D eigenvalue weighted by Gasteiger charge is -2.04. The van der Waals surface area contributed by atoms with Gasteiger partial charge in [-0.2, -0.15) is 13.1 Å². The summed E-state index contributed by atoms with van der Waals surface area (Å²) in [6.07, 6.45) is 1.78. The van der Waals surface area contributed by atoms with Crippen molar-refractivity contribution in [1.29, 1.82) is 0 Å². The minimum atomic E-state index is -3.57. The summed E-state index contributed by atoms with van der Waals surface area (Å²) in [6, 6.07) is 0.0384. The summed E-state index contributed by atoms with van der Waals surface area (Å²) >= 11 is 1.13. The summed E-state index contributed by atoms with van der Waals surface area (Å²) < 4.78 is 32.9. The van der Waals surface area contributed by atoms with Crippen LogP contribution in [0, 0.1) is 0 Å². The molecule has 1 fully saturated rings. The zero-order valence-electron chi connectivity index (χ0n) is 10.4. The summed E-state index contributed by atoms with van der Waals surface area (Å²) in [6.45, 7) is 2.04. The summed E-state index contributed by atoms with van der Waals surface area (Å²) in [4.78, 5) is 15.3. The van der Waals surface area contributed by atoms with Crippen LogP contribution in [0.15, 0.2) is 5.38 Å². The quantitative estimate of drug-likeness (QED) is 0.721. The van der Waals surface area contributed by atoms with Gasteiger partial charge in [-0.25, -0.2) is 9.71 Å². The molecule has 9 heteroatoms. The van der Waals surface area contributed by atoms with Gasteiger partial charge in [-0.05, 0) is 19.8 Å². The average molecular weight is 305 g/mol. The minimum absolute atomic E-state index is 0.0384. The maximum absolute atomic E-state index is 11.6. The first-order valence-corrected chi connectivity index (χ1v) is 8.25. The molecule has 0 spiro atoms. The van der Waals surface area contributed by atoms with Gasteiger partial charge in [0.1, 0.15) is 0 Å². The fourth-order valence-electron chi connectivity index (χ4n) is 1.36.